The molecule has 0 aromatic carbocycles. The van der Waals surface area contributed by atoms with Gasteiger partial charge in [0, 0.05) is 5.38 Å². The molecule has 0 unspecified atom stereocenters. The van der Waals surface area contributed by atoms with Crippen LogP contribution in [-0.2, 0) is 9.84 Å². The predicted molar refractivity (Wildman–Crippen MR) is 88.2 cm³/mol. The van der Waals surface area contributed by atoms with Gasteiger partial charge in [-0.3, -0.25) is 0 Å². The van der Waals surface area contributed by atoms with Gasteiger partial charge < -0.3 is 0 Å². The lowest BCUT2D eigenvalue weighted by molar-refractivity contribution is 0.558. The average Bonchev–Trinajstić information content (AvgIpc) is 2.96. The number of thiophene rings is 1. The Bertz CT molecular complexity index is 421. The number of hydrogen-bond donors (Lipinski definition) is 0. The molecular formula is C16H28O2S2. The maximum atomic E-state index is 11.9. The van der Waals surface area contributed by atoms with Crippen LogP contribution < -0.4 is 0 Å². The maximum Gasteiger partial charge on any atom is 0.179 e. The normalized spacial score (nSPS) is 11.8. The molecule has 2 nitrogen and oxygen atoms in total. The molecule has 0 aliphatic heterocycles. The van der Waals surface area contributed by atoms with E-state index >= 15 is 0 Å². The molecule has 0 aliphatic carbocycles. The molecule has 0 spiro atoms. The van der Waals surface area contributed by atoms with E-state index in [0.717, 1.165) is 12.8 Å². The summed E-state index contributed by atoms with van der Waals surface area (Å²) in [5.41, 5.74) is 0. The van der Waals surface area contributed by atoms with Gasteiger partial charge in [0.1, 0.15) is 0 Å². The second-order valence-electron chi connectivity index (χ2n) is 5.46. The van der Waals surface area contributed by atoms with E-state index in [4.69, 9.17) is 0 Å². The Morgan fingerprint density at radius 1 is 0.900 bits per heavy atom. The summed E-state index contributed by atoms with van der Waals surface area (Å²) in [5.74, 6) is 0.306. The molecular weight excluding hydrogens is 288 g/mol. The fourth-order valence-corrected chi connectivity index (χ4v) is 4.78. The lowest BCUT2D eigenvalue weighted by Crippen LogP contribution is -2.05. The minimum atomic E-state index is -3.01. The van der Waals surface area contributed by atoms with Crippen molar-refractivity contribution in [3.63, 3.8) is 0 Å². The van der Waals surface area contributed by atoms with Crippen LogP contribution in [0.15, 0.2) is 21.7 Å². The molecule has 0 saturated carbocycles. The molecule has 1 rings (SSSR count). The zero-order chi connectivity index (χ0) is 14.7. The van der Waals surface area contributed by atoms with Crippen molar-refractivity contribution in [3.05, 3.63) is 16.8 Å². The SMILES string of the molecule is CCCCCCCCCCCCS(=O)(=O)c1ccsc1. The van der Waals surface area contributed by atoms with Gasteiger partial charge in [-0.1, -0.05) is 64.7 Å². The Hall–Kier alpha value is -0.350. The quantitative estimate of drug-likeness (QED) is 0.481. The Balaban J connectivity index is 1.97. The van der Waals surface area contributed by atoms with Crippen LogP contribution in [0.3, 0.4) is 0 Å². The summed E-state index contributed by atoms with van der Waals surface area (Å²) < 4.78 is 23.9. The summed E-state index contributed by atoms with van der Waals surface area (Å²) in [6, 6.07) is 1.70. The highest BCUT2D eigenvalue weighted by Crippen LogP contribution is 2.17. The van der Waals surface area contributed by atoms with E-state index < -0.39 is 9.84 Å². The minimum absolute atomic E-state index is 0.306. The number of hydrogen-bond acceptors (Lipinski definition) is 3. The molecule has 1 aromatic heterocycles. The van der Waals surface area contributed by atoms with Crippen LogP contribution in [0.2, 0.25) is 0 Å². The van der Waals surface area contributed by atoms with Crippen molar-refractivity contribution in [1.29, 1.82) is 0 Å². The third-order valence-electron chi connectivity index (χ3n) is 3.62. The first-order valence-corrected chi connectivity index (χ1v) is 10.5. The van der Waals surface area contributed by atoms with E-state index in [1.807, 2.05) is 5.38 Å². The average molecular weight is 317 g/mol. The third kappa shape index (κ3) is 7.44. The van der Waals surface area contributed by atoms with E-state index in [1.54, 1.807) is 11.4 Å². The number of sulfone groups is 1. The third-order valence-corrected chi connectivity index (χ3v) is 6.25. The first kappa shape index (κ1) is 17.7. The summed E-state index contributed by atoms with van der Waals surface area (Å²) >= 11 is 1.45. The first-order chi connectivity index (χ1) is 9.67. The van der Waals surface area contributed by atoms with Crippen molar-refractivity contribution < 1.29 is 8.42 Å². The van der Waals surface area contributed by atoms with E-state index in [-0.39, 0.29) is 0 Å². The Kier molecular flexibility index (Phi) is 9.19. The van der Waals surface area contributed by atoms with Crippen molar-refractivity contribution >= 4 is 21.2 Å². The van der Waals surface area contributed by atoms with Gasteiger partial charge in [-0.05, 0) is 17.9 Å². The molecule has 0 amide bonds. The van der Waals surface area contributed by atoms with Crippen LogP contribution in [0.25, 0.3) is 0 Å². The highest BCUT2D eigenvalue weighted by Gasteiger charge is 2.13. The molecule has 0 radical (unpaired) electrons. The summed E-state index contributed by atoms with van der Waals surface area (Å²) in [6.07, 6.45) is 12.3. The van der Waals surface area contributed by atoms with Crippen LogP contribution in [0.5, 0.6) is 0 Å². The second kappa shape index (κ2) is 10.4. The summed E-state index contributed by atoms with van der Waals surface area (Å²) in [7, 11) is -3.01. The van der Waals surface area contributed by atoms with Crippen molar-refractivity contribution in [2.24, 2.45) is 0 Å². The molecule has 0 bridgehead atoms. The fraction of sp³-hybridized carbons (Fsp3) is 0.750. The molecule has 4 heteroatoms. The molecule has 0 N–H and O–H groups in total. The Morgan fingerprint density at radius 2 is 1.45 bits per heavy atom. The van der Waals surface area contributed by atoms with Gasteiger partial charge in [0.15, 0.2) is 9.84 Å². The smallest absolute Gasteiger partial charge is 0.179 e. The molecule has 0 atom stereocenters. The molecule has 1 heterocycles. The Labute approximate surface area is 128 Å². The van der Waals surface area contributed by atoms with E-state index in [1.165, 1.54) is 62.7 Å². The van der Waals surface area contributed by atoms with Crippen LogP contribution in [0.1, 0.15) is 71.1 Å². The van der Waals surface area contributed by atoms with E-state index in [9.17, 15) is 8.42 Å². The van der Waals surface area contributed by atoms with Gasteiger partial charge in [0.05, 0.1) is 10.6 Å². The molecule has 0 aliphatic rings. The topological polar surface area (TPSA) is 34.1 Å². The first-order valence-electron chi connectivity index (χ1n) is 7.92. The van der Waals surface area contributed by atoms with Crippen molar-refractivity contribution in [3.8, 4) is 0 Å². The van der Waals surface area contributed by atoms with Crippen LogP contribution in [-0.4, -0.2) is 14.2 Å². The van der Waals surface area contributed by atoms with Gasteiger partial charge in [-0.2, -0.15) is 11.3 Å². The van der Waals surface area contributed by atoms with Crippen molar-refractivity contribution in [2.45, 2.75) is 76.0 Å². The van der Waals surface area contributed by atoms with Crippen LogP contribution in [0.4, 0.5) is 0 Å². The van der Waals surface area contributed by atoms with E-state index in [2.05, 4.69) is 6.92 Å². The lowest BCUT2D eigenvalue weighted by Gasteiger charge is -2.03. The van der Waals surface area contributed by atoms with Crippen LogP contribution >= 0.6 is 11.3 Å². The van der Waals surface area contributed by atoms with E-state index in [0.29, 0.717) is 10.6 Å². The zero-order valence-corrected chi connectivity index (χ0v) is 14.3. The second-order valence-corrected chi connectivity index (χ2v) is 8.35. The largest absolute Gasteiger partial charge is 0.224 e. The van der Waals surface area contributed by atoms with Crippen molar-refractivity contribution in [1.82, 2.24) is 0 Å². The lowest BCUT2D eigenvalue weighted by atomic mass is 10.1. The van der Waals surface area contributed by atoms with Gasteiger partial charge >= 0.3 is 0 Å². The molecule has 116 valence electrons. The van der Waals surface area contributed by atoms with Crippen LogP contribution in [0, 0.1) is 0 Å². The minimum Gasteiger partial charge on any atom is -0.224 e. The molecule has 0 fully saturated rings. The summed E-state index contributed by atoms with van der Waals surface area (Å²) in [4.78, 5) is 0.499. The highest BCUT2D eigenvalue weighted by atomic mass is 32.2. The monoisotopic (exact) mass is 316 g/mol. The summed E-state index contributed by atoms with van der Waals surface area (Å²) in [6.45, 7) is 2.24. The number of rotatable bonds is 12. The molecule has 20 heavy (non-hydrogen) atoms. The fourth-order valence-electron chi connectivity index (χ4n) is 2.33. The molecule has 0 saturated heterocycles. The zero-order valence-electron chi connectivity index (χ0n) is 12.6. The van der Waals surface area contributed by atoms with Gasteiger partial charge in [0.25, 0.3) is 0 Å². The van der Waals surface area contributed by atoms with Gasteiger partial charge in [-0.25, -0.2) is 8.42 Å². The van der Waals surface area contributed by atoms with Gasteiger partial charge in [0.2, 0.25) is 0 Å². The number of unbranched alkanes of at least 4 members (excludes halogenated alkanes) is 9. The predicted octanol–water partition coefficient (Wildman–Crippen LogP) is 5.44. The van der Waals surface area contributed by atoms with Crippen molar-refractivity contribution in [2.75, 3.05) is 5.75 Å². The maximum absolute atomic E-state index is 11.9. The summed E-state index contributed by atoms with van der Waals surface area (Å²) in [5, 5.41) is 3.55. The van der Waals surface area contributed by atoms with Gasteiger partial charge in [-0.15, -0.1) is 0 Å². The molecule has 1 aromatic rings. The highest BCUT2D eigenvalue weighted by molar-refractivity contribution is 7.91. The standard InChI is InChI=1S/C16H28O2S2/c1-2-3-4-5-6-7-8-9-10-11-14-20(17,18)16-12-13-19-15-16/h12-13,15H,2-11,14H2,1H3. The Morgan fingerprint density at radius 3 is 1.95 bits per heavy atom.